The number of hydrogen-bond acceptors (Lipinski definition) is 5. The Morgan fingerprint density at radius 1 is 1.19 bits per heavy atom. The fourth-order valence-electron chi connectivity index (χ4n) is 2.52. The molecule has 6 heteroatoms. The van der Waals surface area contributed by atoms with Crippen LogP contribution < -0.4 is 20.1 Å². The Morgan fingerprint density at radius 2 is 1.90 bits per heavy atom. The van der Waals surface area contributed by atoms with Gasteiger partial charge in [0.15, 0.2) is 0 Å². The molecule has 116 valence electrons. The number of rotatable bonds is 5. The Hall–Kier alpha value is -1.95. The van der Waals surface area contributed by atoms with E-state index in [1.165, 1.54) is 0 Å². The van der Waals surface area contributed by atoms with Crippen molar-refractivity contribution in [3.63, 3.8) is 0 Å². The van der Waals surface area contributed by atoms with Crippen LogP contribution in [-0.2, 0) is 4.79 Å². The van der Waals surface area contributed by atoms with Gasteiger partial charge in [-0.3, -0.25) is 4.79 Å². The number of ether oxygens (including phenoxy) is 2. The lowest BCUT2D eigenvalue weighted by Gasteiger charge is -2.36. The number of nitrogens with two attached hydrogens (primary N) is 1. The second-order valence-electron chi connectivity index (χ2n) is 4.94. The first kappa shape index (κ1) is 15.4. The molecule has 1 aromatic rings. The summed E-state index contributed by atoms with van der Waals surface area (Å²) in [6.45, 7) is 3.42. The van der Waals surface area contributed by atoms with E-state index in [0.29, 0.717) is 26.1 Å². The Bertz CT molecular complexity index is 485. The molecule has 2 N–H and O–H groups in total. The zero-order chi connectivity index (χ0) is 15.2. The van der Waals surface area contributed by atoms with Crippen LogP contribution in [0.25, 0.3) is 0 Å². The van der Waals surface area contributed by atoms with E-state index in [4.69, 9.17) is 15.2 Å². The highest BCUT2D eigenvalue weighted by atomic mass is 16.5. The summed E-state index contributed by atoms with van der Waals surface area (Å²) in [5.41, 5.74) is 6.47. The molecule has 2 rings (SSSR count). The fourth-order valence-corrected chi connectivity index (χ4v) is 2.52. The fraction of sp³-hybridized carbons (Fsp3) is 0.533. The summed E-state index contributed by atoms with van der Waals surface area (Å²) < 4.78 is 10.6. The number of anilines is 1. The third-order valence-corrected chi connectivity index (χ3v) is 3.72. The lowest BCUT2D eigenvalue weighted by atomic mass is 10.2. The molecule has 0 bridgehead atoms. The molecule has 0 aliphatic carbocycles. The number of nitrogens with zero attached hydrogens (tertiary/aromatic N) is 2. The summed E-state index contributed by atoms with van der Waals surface area (Å²) in [5, 5.41) is 0. The maximum Gasteiger partial charge on any atom is 0.223 e. The lowest BCUT2D eigenvalue weighted by molar-refractivity contribution is -0.131. The Balaban J connectivity index is 2.03. The highest BCUT2D eigenvalue weighted by Gasteiger charge is 2.22. The largest absolute Gasteiger partial charge is 0.497 e. The molecule has 6 nitrogen and oxygen atoms in total. The summed E-state index contributed by atoms with van der Waals surface area (Å²) in [5.74, 6) is 1.70. The van der Waals surface area contributed by atoms with Crippen LogP contribution in [0.5, 0.6) is 11.5 Å². The van der Waals surface area contributed by atoms with Gasteiger partial charge in [-0.25, -0.2) is 0 Å². The molecular formula is C15H23N3O3. The number of piperazine rings is 1. The van der Waals surface area contributed by atoms with Crippen molar-refractivity contribution in [3.05, 3.63) is 18.2 Å². The average Bonchev–Trinajstić information content (AvgIpc) is 2.54. The van der Waals surface area contributed by atoms with Gasteiger partial charge < -0.3 is 25.0 Å². The molecule has 1 amide bonds. The third kappa shape index (κ3) is 3.58. The Kier molecular flexibility index (Phi) is 5.27. The van der Waals surface area contributed by atoms with Crippen LogP contribution in [0.4, 0.5) is 5.69 Å². The number of hydrogen-bond donors (Lipinski definition) is 1. The van der Waals surface area contributed by atoms with Crippen LogP contribution >= 0.6 is 0 Å². The van der Waals surface area contributed by atoms with Crippen molar-refractivity contribution in [3.8, 4) is 11.5 Å². The number of benzene rings is 1. The lowest BCUT2D eigenvalue weighted by Crippen LogP contribution is -2.49. The van der Waals surface area contributed by atoms with Crippen LogP contribution in [-0.4, -0.2) is 57.8 Å². The van der Waals surface area contributed by atoms with E-state index in [2.05, 4.69) is 4.90 Å². The summed E-state index contributed by atoms with van der Waals surface area (Å²) in [6.07, 6.45) is 0.422. The van der Waals surface area contributed by atoms with Crippen LogP contribution in [0.15, 0.2) is 18.2 Å². The molecule has 1 aliphatic heterocycles. The first-order chi connectivity index (χ1) is 10.2. The molecule has 1 saturated heterocycles. The SMILES string of the molecule is COc1ccc(N2CCN(C(=O)CCN)CC2)c(OC)c1. The smallest absolute Gasteiger partial charge is 0.223 e. The minimum Gasteiger partial charge on any atom is -0.497 e. The van der Waals surface area contributed by atoms with Gasteiger partial charge in [-0.15, -0.1) is 0 Å². The molecule has 0 radical (unpaired) electrons. The van der Waals surface area contributed by atoms with Crippen molar-refractivity contribution in [1.29, 1.82) is 0 Å². The van der Waals surface area contributed by atoms with Gasteiger partial charge in [0.2, 0.25) is 5.91 Å². The van der Waals surface area contributed by atoms with Crippen molar-refractivity contribution in [2.45, 2.75) is 6.42 Å². The summed E-state index contributed by atoms with van der Waals surface area (Å²) in [6, 6.07) is 5.79. The van der Waals surface area contributed by atoms with E-state index in [9.17, 15) is 4.79 Å². The van der Waals surface area contributed by atoms with E-state index in [-0.39, 0.29) is 5.91 Å². The summed E-state index contributed by atoms with van der Waals surface area (Å²) in [4.78, 5) is 15.9. The monoisotopic (exact) mass is 293 g/mol. The van der Waals surface area contributed by atoms with Crippen LogP contribution in [0.1, 0.15) is 6.42 Å². The molecule has 0 saturated carbocycles. The molecule has 1 aliphatic rings. The Morgan fingerprint density at radius 3 is 2.48 bits per heavy atom. The molecule has 0 spiro atoms. The quantitative estimate of drug-likeness (QED) is 0.865. The molecular weight excluding hydrogens is 270 g/mol. The first-order valence-electron chi connectivity index (χ1n) is 7.14. The van der Waals surface area contributed by atoms with E-state index in [1.807, 2.05) is 23.1 Å². The molecule has 0 unspecified atom stereocenters. The zero-order valence-corrected chi connectivity index (χ0v) is 12.7. The summed E-state index contributed by atoms with van der Waals surface area (Å²) >= 11 is 0. The standard InChI is InChI=1S/C15H23N3O3/c1-20-12-3-4-13(14(11-12)21-2)17-7-9-18(10-8-17)15(19)5-6-16/h3-4,11H,5-10,16H2,1-2H3. The number of methoxy groups -OCH3 is 2. The van der Waals surface area contributed by atoms with Gasteiger partial charge in [-0.1, -0.05) is 0 Å². The Labute approximate surface area is 125 Å². The number of carbonyl (C=O) groups is 1. The van der Waals surface area contributed by atoms with Crippen LogP contribution in [0.3, 0.4) is 0 Å². The summed E-state index contributed by atoms with van der Waals surface area (Å²) in [7, 11) is 3.29. The van der Waals surface area contributed by atoms with Crippen molar-refractivity contribution < 1.29 is 14.3 Å². The zero-order valence-electron chi connectivity index (χ0n) is 12.7. The van der Waals surface area contributed by atoms with E-state index in [0.717, 1.165) is 30.3 Å². The van der Waals surface area contributed by atoms with Gasteiger partial charge in [0.05, 0.1) is 19.9 Å². The molecule has 0 atom stereocenters. The number of carbonyl (C=O) groups excluding carboxylic acids is 1. The maximum absolute atomic E-state index is 11.8. The second kappa shape index (κ2) is 7.17. The highest BCUT2D eigenvalue weighted by Crippen LogP contribution is 2.32. The van der Waals surface area contributed by atoms with Crippen molar-refractivity contribution >= 4 is 11.6 Å². The van der Waals surface area contributed by atoms with Gasteiger partial charge in [0.25, 0.3) is 0 Å². The predicted octanol–water partition coefficient (Wildman–Crippen LogP) is 0.701. The van der Waals surface area contributed by atoms with Crippen LogP contribution in [0.2, 0.25) is 0 Å². The van der Waals surface area contributed by atoms with E-state index in [1.54, 1.807) is 14.2 Å². The predicted molar refractivity (Wildman–Crippen MR) is 82.0 cm³/mol. The van der Waals surface area contributed by atoms with Gasteiger partial charge in [0.1, 0.15) is 11.5 Å². The molecule has 1 aromatic carbocycles. The van der Waals surface area contributed by atoms with Gasteiger partial charge >= 0.3 is 0 Å². The molecule has 21 heavy (non-hydrogen) atoms. The second-order valence-corrected chi connectivity index (χ2v) is 4.94. The first-order valence-corrected chi connectivity index (χ1v) is 7.14. The minimum absolute atomic E-state index is 0.138. The van der Waals surface area contributed by atoms with Gasteiger partial charge in [0, 0.05) is 45.2 Å². The molecule has 0 aromatic heterocycles. The van der Waals surface area contributed by atoms with E-state index < -0.39 is 0 Å². The topological polar surface area (TPSA) is 68.0 Å². The van der Waals surface area contributed by atoms with Crippen molar-refractivity contribution in [2.24, 2.45) is 5.73 Å². The van der Waals surface area contributed by atoms with Gasteiger partial charge in [-0.05, 0) is 12.1 Å². The van der Waals surface area contributed by atoms with Crippen molar-refractivity contribution in [2.75, 3.05) is 51.8 Å². The van der Waals surface area contributed by atoms with Crippen molar-refractivity contribution in [1.82, 2.24) is 4.90 Å². The highest BCUT2D eigenvalue weighted by molar-refractivity contribution is 5.76. The normalized spacial score (nSPS) is 15.0. The van der Waals surface area contributed by atoms with Gasteiger partial charge in [-0.2, -0.15) is 0 Å². The van der Waals surface area contributed by atoms with Crippen LogP contribution in [0, 0.1) is 0 Å². The molecule has 1 heterocycles. The number of amides is 1. The van der Waals surface area contributed by atoms with E-state index >= 15 is 0 Å². The maximum atomic E-state index is 11.8. The third-order valence-electron chi connectivity index (χ3n) is 3.72. The average molecular weight is 293 g/mol. The minimum atomic E-state index is 0.138. The molecule has 1 fully saturated rings.